The Balaban J connectivity index is 1.74. The molecule has 1 amide bonds. The van der Waals surface area contributed by atoms with E-state index in [-0.39, 0.29) is 23.9 Å². The number of benzene rings is 2. The molecule has 8 heteroatoms. The summed E-state index contributed by atoms with van der Waals surface area (Å²) in [6, 6.07) is 19.7. The fourth-order valence-corrected chi connectivity index (χ4v) is 3.92. The van der Waals surface area contributed by atoms with E-state index in [9.17, 15) is 9.59 Å². The van der Waals surface area contributed by atoms with E-state index in [0.717, 1.165) is 11.1 Å². The predicted octanol–water partition coefficient (Wildman–Crippen LogP) is 3.95. The number of hydrogen-bond donors (Lipinski definition) is 1. The highest BCUT2D eigenvalue weighted by Crippen LogP contribution is 2.24. The lowest BCUT2D eigenvalue weighted by Gasteiger charge is -2.26. The van der Waals surface area contributed by atoms with Gasteiger partial charge in [0.1, 0.15) is 11.4 Å². The van der Waals surface area contributed by atoms with Crippen LogP contribution in [0.3, 0.4) is 0 Å². The molecule has 32 heavy (non-hydrogen) atoms. The van der Waals surface area contributed by atoms with E-state index in [0.29, 0.717) is 18.2 Å². The molecule has 0 bridgehead atoms. The third-order valence-corrected chi connectivity index (χ3v) is 5.63. The van der Waals surface area contributed by atoms with Crippen molar-refractivity contribution in [3.05, 3.63) is 83.6 Å². The van der Waals surface area contributed by atoms with Crippen LogP contribution in [0, 0.1) is 0 Å². The zero-order valence-electron chi connectivity index (χ0n) is 18.1. The number of carbonyl (C=O) groups is 2. The highest BCUT2D eigenvalue weighted by molar-refractivity contribution is 8.00. The van der Waals surface area contributed by atoms with Crippen LogP contribution in [0.4, 0.5) is 5.82 Å². The maximum Gasteiger partial charge on any atom is 0.343 e. The van der Waals surface area contributed by atoms with Crippen molar-refractivity contribution in [3.63, 3.8) is 0 Å². The average Bonchev–Trinajstić information content (AvgIpc) is 2.79. The smallest absolute Gasteiger partial charge is 0.343 e. The number of rotatable bonds is 9. The molecule has 0 fully saturated rings. The second-order valence-corrected chi connectivity index (χ2v) is 8.41. The number of nitrogen functional groups attached to an aromatic ring is 1. The van der Waals surface area contributed by atoms with Crippen molar-refractivity contribution in [2.24, 2.45) is 0 Å². The van der Waals surface area contributed by atoms with Gasteiger partial charge in [-0.1, -0.05) is 72.4 Å². The van der Waals surface area contributed by atoms with Crippen LogP contribution < -0.4 is 5.73 Å². The summed E-state index contributed by atoms with van der Waals surface area (Å²) in [4.78, 5) is 35.4. The lowest BCUT2D eigenvalue weighted by atomic mass is 10.1. The number of nitrogens with zero attached hydrogens (tertiary/aromatic N) is 3. The number of hydrogen-bond acceptors (Lipinski definition) is 7. The van der Waals surface area contributed by atoms with Crippen molar-refractivity contribution in [2.45, 2.75) is 37.3 Å². The first-order valence-electron chi connectivity index (χ1n) is 10.3. The second-order valence-electron chi connectivity index (χ2n) is 7.10. The van der Waals surface area contributed by atoms with Crippen LogP contribution in [-0.4, -0.2) is 38.6 Å². The number of thioether (sulfide) groups is 1. The molecular weight excluding hydrogens is 424 g/mol. The Labute approximate surface area is 192 Å². The van der Waals surface area contributed by atoms with Crippen molar-refractivity contribution < 1.29 is 14.3 Å². The van der Waals surface area contributed by atoms with E-state index in [1.807, 2.05) is 72.5 Å². The van der Waals surface area contributed by atoms with Crippen LogP contribution in [0.2, 0.25) is 0 Å². The quantitative estimate of drug-likeness (QED) is 0.299. The van der Waals surface area contributed by atoms with Gasteiger partial charge in [-0.25, -0.2) is 14.8 Å². The topological polar surface area (TPSA) is 98.4 Å². The van der Waals surface area contributed by atoms with Gasteiger partial charge in [0.2, 0.25) is 5.91 Å². The number of carbonyl (C=O) groups excluding carboxylic acids is 2. The Kier molecular flexibility index (Phi) is 8.21. The Hall–Kier alpha value is -3.39. The van der Waals surface area contributed by atoms with Crippen molar-refractivity contribution in [2.75, 3.05) is 12.3 Å². The Bertz CT molecular complexity index is 1010. The van der Waals surface area contributed by atoms with Gasteiger partial charge in [0.15, 0.2) is 5.16 Å². The first-order chi connectivity index (χ1) is 15.5. The van der Waals surface area contributed by atoms with Crippen LogP contribution in [0.1, 0.15) is 35.3 Å². The van der Waals surface area contributed by atoms with Gasteiger partial charge in [0.25, 0.3) is 0 Å². The van der Waals surface area contributed by atoms with E-state index in [4.69, 9.17) is 10.5 Å². The van der Waals surface area contributed by atoms with Gasteiger partial charge in [0, 0.05) is 19.3 Å². The largest absolute Gasteiger partial charge is 0.462 e. The van der Waals surface area contributed by atoms with Crippen LogP contribution in [0.15, 0.2) is 72.0 Å². The monoisotopic (exact) mass is 450 g/mol. The van der Waals surface area contributed by atoms with Gasteiger partial charge in [-0.05, 0) is 25.0 Å². The van der Waals surface area contributed by atoms with Crippen LogP contribution >= 0.6 is 11.8 Å². The molecule has 3 aromatic rings. The lowest BCUT2D eigenvalue weighted by Crippen LogP contribution is -2.35. The molecule has 2 aromatic carbocycles. The van der Waals surface area contributed by atoms with Gasteiger partial charge in [-0.2, -0.15) is 0 Å². The molecule has 0 aliphatic carbocycles. The molecule has 1 atom stereocenters. The van der Waals surface area contributed by atoms with Crippen LogP contribution in [0.5, 0.6) is 0 Å². The Morgan fingerprint density at radius 1 is 1.03 bits per heavy atom. The van der Waals surface area contributed by atoms with E-state index in [2.05, 4.69) is 9.97 Å². The number of anilines is 1. The molecule has 3 rings (SSSR count). The fraction of sp³-hybridized carbons (Fsp3) is 0.250. The maximum atomic E-state index is 13.3. The Morgan fingerprint density at radius 3 is 2.09 bits per heavy atom. The first kappa shape index (κ1) is 23.3. The van der Waals surface area contributed by atoms with Gasteiger partial charge < -0.3 is 15.4 Å². The summed E-state index contributed by atoms with van der Waals surface area (Å²) in [7, 11) is 0. The molecule has 1 heterocycles. The zero-order valence-corrected chi connectivity index (χ0v) is 18.9. The fourth-order valence-electron chi connectivity index (χ4n) is 3.09. The van der Waals surface area contributed by atoms with Crippen molar-refractivity contribution >= 4 is 29.5 Å². The summed E-state index contributed by atoms with van der Waals surface area (Å²) >= 11 is 1.20. The normalized spacial score (nSPS) is 11.6. The van der Waals surface area contributed by atoms with E-state index in [1.54, 1.807) is 6.92 Å². The molecule has 0 aliphatic heterocycles. The first-order valence-corrected chi connectivity index (χ1v) is 11.2. The minimum Gasteiger partial charge on any atom is -0.462 e. The molecule has 1 unspecified atom stereocenters. The number of nitrogens with two attached hydrogens (primary N) is 1. The third-order valence-electron chi connectivity index (χ3n) is 4.67. The number of esters is 1. The second kappa shape index (κ2) is 11.3. The highest BCUT2D eigenvalue weighted by atomic mass is 32.2. The van der Waals surface area contributed by atoms with Crippen LogP contribution in [-0.2, 0) is 22.6 Å². The number of aromatic nitrogens is 2. The zero-order chi connectivity index (χ0) is 22.9. The maximum absolute atomic E-state index is 13.3. The van der Waals surface area contributed by atoms with Crippen molar-refractivity contribution in [3.8, 4) is 0 Å². The van der Waals surface area contributed by atoms with Gasteiger partial charge in [0.05, 0.1) is 11.9 Å². The molecule has 2 N–H and O–H groups in total. The van der Waals surface area contributed by atoms with Crippen LogP contribution in [0.25, 0.3) is 0 Å². The molecule has 166 valence electrons. The molecule has 1 aromatic heterocycles. The summed E-state index contributed by atoms with van der Waals surface area (Å²) in [6.45, 7) is 4.74. The standard InChI is InChI=1S/C24H26N4O3S/c1-3-31-23(30)20-14-26-24(27-21(20)25)32-17(2)22(29)28(15-18-10-6-4-7-11-18)16-19-12-8-5-9-13-19/h4-14,17H,3,15-16H2,1-2H3,(H2,25,26,27). The average molecular weight is 451 g/mol. The third kappa shape index (κ3) is 6.31. The van der Waals surface area contributed by atoms with Crippen molar-refractivity contribution in [1.82, 2.24) is 14.9 Å². The van der Waals surface area contributed by atoms with E-state index >= 15 is 0 Å². The SMILES string of the molecule is CCOC(=O)c1cnc(SC(C)C(=O)N(Cc2ccccc2)Cc2ccccc2)nc1N. The number of ether oxygens (including phenoxy) is 1. The lowest BCUT2D eigenvalue weighted by molar-refractivity contribution is -0.131. The van der Waals surface area contributed by atoms with Gasteiger partial charge in [-0.3, -0.25) is 4.79 Å². The van der Waals surface area contributed by atoms with Crippen molar-refractivity contribution in [1.29, 1.82) is 0 Å². The summed E-state index contributed by atoms with van der Waals surface area (Å²) in [6.07, 6.45) is 1.34. The summed E-state index contributed by atoms with van der Waals surface area (Å²) < 4.78 is 4.95. The molecule has 0 aliphatic rings. The highest BCUT2D eigenvalue weighted by Gasteiger charge is 2.24. The predicted molar refractivity (Wildman–Crippen MR) is 125 cm³/mol. The van der Waals surface area contributed by atoms with E-state index in [1.165, 1.54) is 18.0 Å². The minimum absolute atomic E-state index is 0.0334. The summed E-state index contributed by atoms with van der Waals surface area (Å²) in [5, 5.41) is -0.119. The molecule has 0 saturated heterocycles. The molecular formula is C24H26N4O3S. The molecule has 0 saturated carbocycles. The van der Waals surface area contributed by atoms with Gasteiger partial charge >= 0.3 is 5.97 Å². The molecule has 0 spiro atoms. The van der Waals surface area contributed by atoms with Gasteiger partial charge in [-0.15, -0.1) is 0 Å². The summed E-state index contributed by atoms with van der Waals surface area (Å²) in [5.41, 5.74) is 8.12. The molecule has 7 nitrogen and oxygen atoms in total. The Morgan fingerprint density at radius 2 is 1.59 bits per heavy atom. The number of amides is 1. The summed E-state index contributed by atoms with van der Waals surface area (Å²) in [5.74, 6) is -0.576. The van der Waals surface area contributed by atoms with E-state index < -0.39 is 11.2 Å². The molecule has 0 radical (unpaired) electrons. The minimum atomic E-state index is -0.567.